The predicted octanol–water partition coefficient (Wildman–Crippen LogP) is 5.59. The molecule has 314 valence electrons. The number of ether oxygens (including phenoxy) is 1. The quantitative estimate of drug-likeness (QED) is 0.177. The van der Waals surface area contributed by atoms with Crippen LogP contribution in [0.3, 0.4) is 0 Å². The number of hydrogen-bond acceptors (Lipinski definition) is 8. The SMILES string of the molecule is CC[C@@H]1CC(=O)N(Cc2ccc(Cl)cc2Oc2ccc(-c3cnc(CN4CCCC4)n3C)cc2)[C@@H](C)C(=O)N[C@@H](CO)C(=O)N(C)[C@H](Cc2ccc(Cl)cc2)CNC1=O. The zero-order valence-electron chi connectivity index (χ0n) is 34.0. The van der Waals surface area contributed by atoms with Crippen molar-refractivity contribution in [1.29, 1.82) is 0 Å². The van der Waals surface area contributed by atoms with Crippen LogP contribution in [0.15, 0.2) is 72.9 Å². The molecule has 59 heavy (non-hydrogen) atoms. The standard InChI is InChI=1S/C44H53Cl2N7O6/c1-5-30-21-41(55)53(28(2)42(56)49-37(27-54)44(58)50(3)35(23-48-43(30)57)20-29-8-13-33(45)14-9-29)25-32-10-15-34(46)22-39(32)59-36-16-11-31(12-17-36)38-24-47-40(51(38)4)26-52-18-6-7-19-52/h8-17,22,24,28,30,35,37,54H,5-7,18-21,23,25-27H2,1-4H3,(H,48,57)(H,49,56)/t28-,30+,35+,37-/m0/s1. The van der Waals surface area contributed by atoms with E-state index < -0.39 is 48.4 Å². The molecule has 0 radical (unpaired) electrons. The molecular formula is C44H53Cl2N7O6. The minimum Gasteiger partial charge on any atom is -0.457 e. The maximum Gasteiger partial charge on any atom is 0.247 e. The maximum absolute atomic E-state index is 14.2. The molecule has 0 aliphatic carbocycles. The van der Waals surface area contributed by atoms with Crippen molar-refractivity contribution in [1.82, 2.24) is 34.9 Å². The number of aliphatic hydroxyl groups excluding tert-OH is 1. The summed E-state index contributed by atoms with van der Waals surface area (Å²) < 4.78 is 8.50. The van der Waals surface area contributed by atoms with Crippen molar-refractivity contribution in [3.63, 3.8) is 0 Å². The van der Waals surface area contributed by atoms with Crippen molar-refractivity contribution >= 4 is 46.8 Å². The van der Waals surface area contributed by atoms with E-state index in [9.17, 15) is 24.3 Å². The molecule has 2 aliphatic rings. The third-order valence-electron chi connectivity index (χ3n) is 11.4. The first-order valence-electron chi connectivity index (χ1n) is 20.1. The van der Waals surface area contributed by atoms with Crippen LogP contribution in [0.2, 0.25) is 10.0 Å². The van der Waals surface area contributed by atoms with Gasteiger partial charge in [0.1, 0.15) is 29.4 Å². The topological polar surface area (TPSA) is 149 Å². The van der Waals surface area contributed by atoms with Gasteiger partial charge in [-0.2, -0.15) is 0 Å². The lowest BCUT2D eigenvalue weighted by molar-refractivity contribution is -0.145. The normalized spacial score (nSPS) is 21.3. The fourth-order valence-corrected chi connectivity index (χ4v) is 7.89. The highest BCUT2D eigenvalue weighted by Crippen LogP contribution is 2.32. The van der Waals surface area contributed by atoms with Crippen LogP contribution in [0.4, 0.5) is 0 Å². The molecule has 0 spiro atoms. The van der Waals surface area contributed by atoms with E-state index >= 15 is 0 Å². The molecule has 4 amide bonds. The summed E-state index contributed by atoms with van der Waals surface area (Å²) in [5.74, 6) is -0.780. The van der Waals surface area contributed by atoms with E-state index in [-0.39, 0.29) is 25.4 Å². The van der Waals surface area contributed by atoms with Crippen LogP contribution in [0.1, 0.15) is 56.5 Å². The molecule has 3 heterocycles. The van der Waals surface area contributed by atoms with E-state index in [4.69, 9.17) is 27.9 Å². The van der Waals surface area contributed by atoms with Gasteiger partial charge >= 0.3 is 0 Å². The average Bonchev–Trinajstić information content (AvgIpc) is 3.89. The number of rotatable bonds is 11. The molecule has 15 heteroatoms. The van der Waals surface area contributed by atoms with Crippen LogP contribution < -0.4 is 15.4 Å². The smallest absolute Gasteiger partial charge is 0.247 e. The number of hydrogen-bond donors (Lipinski definition) is 3. The minimum absolute atomic E-state index is 0.0777. The number of carbonyl (C=O) groups is 4. The molecule has 1 aromatic heterocycles. The Morgan fingerprint density at radius 2 is 1.59 bits per heavy atom. The number of aliphatic hydroxyl groups is 1. The van der Waals surface area contributed by atoms with Crippen LogP contribution in [0, 0.1) is 5.92 Å². The summed E-state index contributed by atoms with van der Waals surface area (Å²) in [5.41, 5.74) is 3.39. The number of likely N-dealkylation sites (tertiary alicyclic amines) is 1. The summed E-state index contributed by atoms with van der Waals surface area (Å²) in [6.45, 7) is 5.69. The van der Waals surface area contributed by atoms with Crippen LogP contribution >= 0.6 is 23.2 Å². The van der Waals surface area contributed by atoms with E-state index in [0.717, 1.165) is 42.3 Å². The average molecular weight is 847 g/mol. The maximum atomic E-state index is 14.2. The summed E-state index contributed by atoms with van der Waals surface area (Å²) in [7, 11) is 3.60. The predicted molar refractivity (Wildman–Crippen MR) is 227 cm³/mol. The fraction of sp³-hybridized carbons (Fsp3) is 0.432. The lowest BCUT2D eigenvalue weighted by Gasteiger charge is -2.35. The third kappa shape index (κ3) is 10.8. The van der Waals surface area contributed by atoms with Gasteiger partial charge in [-0.15, -0.1) is 0 Å². The van der Waals surface area contributed by atoms with Gasteiger partial charge in [0.25, 0.3) is 0 Å². The highest BCUT2D eigenvalue weighted by Gasteiger charge is 2.35. The first-order chi connectivity index (χ1) is 28.3. The van der Waals surface area contributed by atoms with Gasteiger partial charge in [-0.25, -0.2) is 4.98 Å². The second-order valence-electron chi connectivity index (χ2n) is 15.4. The number of halogens is 2. The van der Waals surface area contributed by atoms with Gasteiger partial charge in [-0.3, -0.25) is 24.1 Å². The van der Waals surface area contributed by atoms with E-state index in [2.05, 4.69) is 25.1 Å². The number of imidazole rings is 1. The third-order valence-corrected chi connectivity index (χ3v) is 11.9. The van der Waals surface area contributed by atoms with Crippen LogP contribution in [-0.4, -0.2) is 104 Å². The Morgan fingerprint density at radius 3 is 2.27 bits per heavy atom. The number of nitrogens with one attached hydrogen (secondary N) is 2. The van der Waals surface area contributed by atoms with Crippen molar-refractivity contribution in [2.75, 3.05) is 33.3 Å². The Kier molecular flexibility index (Phi) is 14.7. The molecule has 0 bridgehead atoms. The second-order valence-corrected chi connectivity index (χ2v) is 16.3. The highest BCUT2D eigenvalue weighted by atomic mass is 35.5. The molecule has 3 N–H and O–H groups in total. The van der Waals surface area contributed by atoms with Crippen molar-refractivity contribution in [3.05, 3.63) is 99.9 Å². The first kappa shape index (κ1) is 43.6. The molecule has 6 rings (SSSR count). The molecule has 2 saturated heterocycles. The van der Waals surface area contributed by atoms with Gasteiger partial charge < -0.3 is 34.8 Å². The fourth-order valence-electron chi connectivity index (χ4n) is 7.60. The molecule has 3 aromatic carbocycles. The molecule has 2 fully saturated rings. The van der Waals surface area contributed by atoms with Gasteiger partial charge in [-0.05, 0) is 99.8 Å². The minimum atomic E-state index is -1.30. The molecule has 0 unspecified atom stereocenters. The zero-order chi connectivity index (χ0) is 42.2. The number of nitrogens with zero attached hydrogens (tertiary/aromatic N) is 5. The Balaban J connectivity index is 1.23. The molecule has 2 aliphatic heterocycles. The molecular weight excluding hydrogens is 793 g/mol. The summed E-state index contributed by atoms with van der Waals surface area (Å²) >= 11 is 12.6. The zero-order valence-corrected chi connectivity index (χ0v) is 35.5. The van der Waals surface area contributed by atoms with Crippen molar-refractivity contribution in [2.45, 2.75) is 77.2 Å². The number of likely N-dealkylation sites (N-methyl/N-ethyl adjacent to an activating group) is 1. The second kappa shape index (κ2) is 19.9. The Labute approximate surface area is 355 Å². The molecule has 13 nitrogen and oxygen atoms in total. The Bertz CT molecular complexity index is 2110. The van der Waals surface area contributed by atoms with Crippen LogP contribution in [0.5, 0.6) is 11.5 Å². The van der Waals surface area contributed by atoms with Crippen molar-refractivity contribution in [3.8, 4) is 22.8 Å². The van der Waals surface area contributed by atoms with Crippen LogP contribution in [0.25, 0.3) is 11.3 Å². The summed E-state index contributed by atoms with van der Waals surface area (Å²) in [6.07, 6.45) is 4.87. The number of amides is 4. The largest absolute Gasteiger partial charge is 0.457 e. The van der Waals surface area contributed by atoms with Gasteiger partial charge in [0.15, 0.2) is 0 Å². The number of carbonyl (C=O) groups excluding carboxylic acids is 4. The van der Waals surface area contributed by atoms with Gasteiger partial charge in [0, 0.05) is 54.2 Å². The van der Waals surface area contributed by atoms with Gasteiger partial charge in [-0.1, -0.05) is 48.3 Å². The van der Waals surface area contributed by atoms with Crippen molar-refractivity contribution in [2.24, 2.45) is 13.0 Å². The summed E-state index contributed by atoms with van der Waals surface area (Å²) in [5, 5.41) is 17.0. The van der Waals surface area contributed by atoms with E-state index in [0.29, 0.717) is 39.9 Å². The number of benzene rings is 3. The molecule has 4 aromatic rings. The Hall–Kier alpha value is -4.95. The number of aromatic nitrogens is 2. The van der Waals surface area contributed by atoms with Crippen LogP contribution in [-0.2, 0) is 45.7 Å². The summed E-state index contributed by atoms with van der Waals surface area (Å²) in [4.78, 5) is 65.6. The van der Waals surface area contributed by atoms with Gasteiger partial charge in [0.2, 0.25) is 23.6 Å². The van der Waals surface area contributed by atoms with Gasteiger partial charge in [0.05, 0.1) is 37.6 Å². The Morgan fingerprint density at radius 1 is 0.898 bits per heavy atom. The van der Waals surface area contributed by atoms with Crippen molar-refractivity contribution < 1.29 is 29.0 Å². The van der Waals surface area contributed by atoms with E-state index in [1.54, 1.807) is 44.3 Å². The molecule has 0 saturated carbocycles. The lowest BCUT2D eigenvalue weighted by atomic mass is 9.98. The molecule has 4 atom stereocenters. The first-order valence-corrected chi connectivity index (χ1v) is 20.9. The lowest BCUT2D eigenvalue weighted by Crippen LogP contribution is -2.58. The van der Waals surface area contributed by atoms with E-state index in [1.807, 2.05) is 56.6 Å². The van der Waals surface area contributed by atoms with E-state index in [1.165, 1.54) is 22.6 Å². The monoisotopic (exact) mass is 845 g/mol. The highest BCUT2D eigenvalue weighted by molar-refractivity contribution is 6.31. The summed E-state index contributed by atoms with van der Waals surface area (Å²) in [6, 6.07) is 16.9.